The van der Waals surface area contributed by atoms with Crippen molar-refractivity contribution in [1.82, 2.24) is 0 Å². The Morgan fingerprint density at radius 1 is 1.42 bits per heavy atom. The molecule has 0 aliphatic carbocycles. The van der Waals surface area contributed by atoms with E-state index in [1.165, 1.54) is 0 Å². The number of hydrogen-bond donors (Lipinski definition) is 1. The van der Waals surface area contributed by atoms with Crippen LogP contribution in [0.2, 0.25) is 5.02 Å². The molecule has 0 radical (unpaired) electrons. The predicted molar refractivity (Wildman–Crippen MR) is 61.5 cm³/mol. The van der Waals surface area contributed by atoms with Crippen LogP contribution in [0.1, 0.15) is 0 Å². The molecule has 0 heterocycles. The minimum Gasteiger partial charge on any atom is -0.741 e. The third-order valence-electron chi connectivity index (χ3n) is 1.63. The van der Waals surface area contributed by atoms with E-state index >= 15 is 0 Å². The summed E-state index contributed by atoms with van der Waals surface area (Å²) in [6.07, 6.45) is 0. The van der Waals surface area contributed by atoms with Crippen LogP contribution >= 0.6 is 11.6 Å². The van der Waals surface area contributed by atoms with Crippen molar-refractivity contribution < 1.29 is 26.1 Å². The number of benzene rings is 1. The van der Waals surface area contributed by atoms with Crippen LogP contribution in [0.15, 0.2) is 18.2 Å². The van der Waals surface area contributed by atoms with Crippen molar-refractivity contribution in [2.45, 2.75) is 5.51 Å². The van der Waals surface area contributed by atoms with Gasteiger partial charge in [-0.2, -0.15) is 13.2 Å². The van der Waals surface area contributed by atoms with Crippen molar-refractivity contribution in [2.24, 2.45) is 0 Å². The number of nitrogens with zero attached hydrogens (tertiary/aromatic N) is 2. The van der Waals surface area contributed by atoms with Crippen LogP contribution in [-0.2, 0) is 10.1 Å². The average Bonchev–Trinajstić information content (AvgIpc) is 2.26. The standard InChI is InChI=1S/C7H7ClN3.CHF3O3S/c1-10-7-5(8)3-2-4-6(7)11-9;2-1(3,4)8(5,6)7/h2-4,10H,1H3;(H,5,6,7)/q+1;/p-1. The van der Waals surface area contributed by atoms with Gasteiger partial charge in [-0.25, -0.2) is 8.42 Å². The van der Waals surface area contributed by atoms with E-state index in [-0.39, 0.29) is 0 Å². The molecule has 19 heavy (non-hydrogen) atoms. The molecule has 0 aromatic heterocycles. The number of nitrogens with one attached hydrogen (secondary N) is 1. The Labute approximate surface area is 111 Å². The first-order valence-corrected chi connectivity index (χ1v) is 6.16. The van der Waals surface area contributed by atoms with Gasteiger partial charge >= 0.3 is 11.2 Å². The molecule has 1 N–H and O–H groups in total. The van der Waals surface area contributed by atoms with Gasteiger partial charge in [0.15, 0.2) is 15.1 Å². The van der Waals surface area contributed by atoms with Gasteiger partial charge in [0.05, 0.1) is 5.02 Å². The fraction of sp³-hybridized carbons (Fsp3) is 0.250. The van der Waals surface area contributed by atoms with E-state index in [0.717, 1.165) is 0 Å². The molecule has 1 aromatic rings. The van der Waals surface area contributed by atoms with Crippen molar-refractivity contribution in [3.8, 4) is 0 Å². The van der Waals surface area contributed by atoms with Gasteiger partial charge in [0, 0.05) is 13.1 Å². The highest BCUT2D eigenvalue weighted by Crippen LogP contribution is 2.31. The second-order valence-corrected chi connectivity index (χ2v) is 4.66. The molecule has 11 heteroatoms. The first-order chi connectivity index (χ1) is 8.54. The fourth-order valence-corrected chi connectivity index (χ4v) is 1.11. The lowest BCUT2D eigenvalue weighted by Gasteiger charge is -2.08. The molecule has 0 saturated carbocycles. The molecule has 0 aliphatic rings. The Kier molecular flexibility index (Phi) is 6.01. The molecule has 0 bridgehead atoms. The molecule has 0 fully saturated rings. The highest BCUT2D eigenvalue weighted by molar-refractivity contribution is 7.86. The third-order valence-corrected chi connectivity index (χ3v) is 2.51. The molecular formula is C8H7ClF3N3O3S. The number of halogens is 4. The van der Waals surface area contributed by atoms with E-state index in [9.17, 15) is 13.2 Å². The van der Waals surface area contributed by atoms with Crippen LogP contribution in [0, 0.1) is 5.39 Å². The first kappa shape index (κ1) is 17.4. The van der Waals surface area contributed by atoms with E-state index in [4.69, 9.17) is 30.0 Å². The summed E-state index contributed by atoms with van der Waals surface area (Å²) in [7, 11) is -4.37. The van der Waals surface area contributed by atoms with Gasteiger partial charge in [-0.1, -0.05) is 17.7 Å². The molecule has 0 atom stereocenters. The monoisotopic (exact) mass is 317 g/mol. The third kappa shape index (κ3) is 5.29. The van der Waals surface area contributed by atoms with E-state index < -0.39 is 15.6 Å². The van der Waals surface area contributed by atoms with Gasteiger partial charge in [-0.15, -0.1) is 0 Å². The summed E-state index contributed by atoms with van der Waals surface area (Å²) in [5.41, 5.74) is -4.57. The lowest BCUT2D eigenvalue weighted by Crippen LogP contribution is -2.21. The van der Waals surface area contributed by atoms with Crippen molar-refractivity contribution in [2.75, 3.05) is 12.4 Å². The second-order valence-electron chi connectivity index (χ2n) is 2.88. The van der Waals surface area contributed by atoms with Gasteiger partial charge in [-0.3, -0.25) is 0 Å². The van der Waals surface area contributed by atoms with E-state index in [1.54, 1.807) is 25.2 Å². The second kappa shape index (κ2) is 6.55. The number of diazo groups is 1. The number of hydrogen-bond acceptors (Lipinski definition) is 5. The summed E-state index contributed by atoms with van der Waals surface area (Å²) >= 11 is 5.77. The predicted octanol–water partition coefficient (Wildman–Crippen LogP) is 2.92. The van der Waals surface area contributed by atoms with E-state index in [2.05, 4.69) is 10.3 Å². The summed E-state index contributed by atoms with van der Waals surface area (Å²) in [6.45, 7) is 0. The molecule has 1 aromatic carbocycles. The highest BCUT2D eigenvalue weighted by Gasteiger charge is 2.36. The minimum atomic E-state index is -6.09. The Balaban J connectivity index is 0.000000362. The van der Waals surface area contributed by atoms with Gasteiger partial charge in [0.1, 0.15) is 5.69 Å². The van der Waals surface area contributed by atoms with Gasteiger partial charge in [-0.05, 0) is 6.07 Å². The summed E-state index contributed by atoms with van der Waals surface area (Å²) in [6, 6.07) is 5.11. The van der Waals surface area contributed by atoms with Crippen LogP contribution in [0.25, 0.3) is 4.98 Å². The van der Waals surface area contributed by atoms with Crippen molar-refractivity contribution in [1.29, 1.82) is 5.39 Å². The molecule has 0 unspecified atom stereocenters. The van der Waals surface area contributed by atoms with Crippen LogP contribution in [0.5, 0.6) is 0 Å². The molecule has 0 aliphatic heterocycles. The van der Waals surface area contributed by atoms with Crippen LogP contribution < -0.4 is 5.32 Å². The summed E-state index contributed by atoms with van der Waals surface area (Å²) in [5, 5.41) is 11.9. The molecule has 0 spiro atoms. The smallest absolute Gasteiger partial charge is 0.485 e. The lowest BCUT2D eigenvalue weighted by atomic mass is 10.3. The van der Waals surface area contributed by atoms with Crippen molar-refractivity contribution in [3.63, 3.8) is 0 Å². The number of anilines is 1. The Hall–Kier alpha value is -1.57. The molecule has 1 rings (SSSR count). The fourth-order valence-electron chi connectivity index (χ4n) is 0.844. The molecule has 0 amide bonds. The number of para-hydroxylation sites is 1. The largest absolute Gasteiger partial charge is 0.741 e. The summed E-state index contributed by atoms with van der Waals surface area (Å²) < 4.78 is 58.9. The molecular weight excluding hydrogens is 311 g/mol. The van der Waals surface area contributed by atoms with Crippen molar-refractivity contribution in [3.05, 3.63) is 28.2 Å². The maximum Gasteiger partial charge on any atom is 0.485 e. The highest BCUT2D eigenvalue weighted by atomic mass is 35.5. The first-order valence-electron chi connectivity index (χ1n) is 4.38. The van der Waals surface area contributed by atoms with E-state index in [1.807, 2.05) is 0 Å². The topological polar surface area (TPSA) is 97.4 Å². The van der Waals surface area contributed by atoms with Crippen LogP contribution in [0.4, 0.5) is 24.5 Å². The van der Waals surface area contributed by atoms with Gasteiger partial charge < -0.3 is 9.87 Å². The minimum absolute atomic E-state index is 0.444. The van der Waals surface area contributed by atoms with Gasteiger partial charge in [0.25, 0.3) is 0 Å². The molecule has 106 valence electrons. The Bertz CT molecular complexity index is 583. The zero-order valence-electron chi connectivity index (χ0n) is 9.27. The molecule has 0 saturated heterocycles. The summed E-state index contributed by atoms with van der Waals surface area (Å²) in [5.74, 6) is 0. The number of alkyl halides is 3. The van der Waals surface area contributed by atoms with Crippen molar-refractivity contribution >= 4 is 33.1 Å². The normalized spacial score (nSPS) is 11.0. The van der Waals surface area contributed by atoms with Crippen LogP contribution in [-0.4, -0.2) is 25.5 Å². The SMILES string of the molecule is CNc1c(Cl)cccc1[N+]#N.O=S(=O)([O-])C(F)(F)F. The maximum atomic E-state index is 10.7. The van der Waals surface area contributed by atoms with Gasteiger partial charge in [0.2, 0.25) is 5.39 Å². The Morgan fingerprint density at radius 2 is 1.89 bits per heavy atom. The Morgan fingerprint density at radius 3 is 2.16 bits per heavy atom. The average molecular weight is 318 g/mol. The zero-order chi connectivity index (χ0) is 15.3. The number of rotatable bonds is 1. The quantitative estimate of drug-likeness (QED) is 0.488. The summed E-state index contributed by atoms with van der Waals surface area (Å²) in [4.78, 5) is 3.06. The maximum absolute atomic E-state index is 10.7. The molecule has 6 nitrogen and oxygen atoms in total. The van der Waals surface area contributed by atoms with Crippen LogP contribution in [0.3, 0.4) is 0 Å². The van der Waals surface area contributed by atoms with E-state index in [0.29, 0.717) is 16.4 Å². The zero-order valence-corrected chi connectivity index (χ0v) is 10.8. The lowest BCUT2D eigenvalue weighted by molar-refractivity contribution is -0.0517.